The molecule has 1 amide bonds. The van der Waals surface area contributed by atoms with Crippen molar-refractivity contribution in [3.8, 4) is 0 Å². The van der Waals surface area contributed by atoms with Crippen LogP contribution in [0.25, 0.3) is 0 Å². The van der Waals surface area contributed by atoms with Crippen molar-refractivity contribution in [1.29, 1.82) is 0 Å². The molecule has 0 spiro atoms. The first-order valence-corrected chi connectivity index (χ1v) is 9.38. The fraction of sp³-hybridized carbons (Fsp3) is 0.278. The second kappa shape index (κ2) is 7.28. The molecular weight excluding hydrogens is 364 g/mol. The molecule has 27 heavy (non-hydrogen) atoms. The van der Waals surface area contributed by atoms with Crippen molar-refractivity contribution < 1.29 is 9.59 Å². The van der Waals surface area contributed by atoms with E-state index in [1.54, 1.807) is 35.5 Å². The monoisotopic (exact) mass is 382 g/mol. The molecule has 3 aromatic rings. The number of carbonyl (C=O) groups is 2. The summed E-state index contributed by atoms with van der Waals surface area (Å²) in [6.45, 7) is 3.77. The number of ketones is 1. The Balaban J connectivity index is 1.42. The fourth-order valence-electron chi connectivity index (χ4n) is 2.94. The summed E-state index contributed by atoms with van der Waals surface area (Å²) in [7, 11) is 0. The third kappa shape index (κ3) is 3.72. The summed E-state index contributed by atoms with van der Waals surface area (Å²) in [4.78, 5) is 35.4. The van der Waals surface area contributed by atoms with Crippen LogP contribution in [0.5, 0.6) is 0 Å². The molecule has 1 N–H and O–H groups in total. The molecule has 0 saturated heterocycles. The second-order valence-electron chi connectivity index (χ2n) is 6.22. The van der Waals surface area contributed by atoms with E-state index in [0.717, 1.165) is 11.4 Å². The number of amides is 1. The van der Waals surface area contributed by atoms with Gasteiger partial charge in [-0.3, -0.25) is 14.3 Å². The molecule has 0 fully saturated rings. The van der Waals surface area contributed by atoms with E-state index in [-0.39, 0.29) is 11.7 Å². The van der Waals surface area contributed by atoms with Gasteiger partial charge in [-0.05, 0) is 31.2 Å². The number of thiophene rings is 1. The van der Waals surface area contributed by atoms with Crippen molar-refractivity contribution in [3.05, 3.63) is 57.8 Å². The number of rotatable bonds is 5. The Bertz CT molecular complexity index is 981. The number of nitrogens with zero attached hydrogens (tertiary/aromatic N) is 5. The number of nitrogens with one attached hydrogen (secondary N) is 1. The van der Waals surface area contributed by atoms with E-state index in [9.17, 15) is 9.59 Å². The predicted molar refractivity (Wildman–Crippen MR) is 101 cm³/mol. The topological polar surface area (TPSA) is 93.0 Å². The van der Waals surface area contributed by atoms with Crippen LogP contribution in [0.2, 0.25) is 0 Å². The van der Waals surface area contributed by atoms with E-state index in [1.807, 2.05) is 10.7 Å². The highest BCUT2D eigenvalue weighted by molar-refractivity contribution is 7.15. The molecule has 0 aliphatic carbocycles. The molecule has 0 saturated carbocycles. The minimum atomic E-state index is -0.0442. The van der Waals surface area contributed by atoms with Crippen LogP contribution in [-0.2, 0) is 19.6 Å². The van der Waals surface area contributed by atoms with Gasteiger partial charge < -0.3 is 10.2 Å². The summed E-state index contributed by atoms with van der Waals surface area (Å²) < 4.78 is 1.93. The van der Waals surface area contributed by atoms with Gasteiger partial charge in [0.15, 0.2) is 5.78 Å². The minimum absolute atomic E-state index is 0.0182. The van der Waals surface area contributed by atoms with Crippen LogP contribution in [0, 0.1) is 0 Å². The van der Waals surface area contributed by atoms with Gasteiger partial charge >= 0.3 is 0 Å². The molecule has 8 nitrogen and oxygen atoms in total. The van der Waals surface area contributed by atoms with E-state index < -0.39 is 0 Å². The highest BCUT2D eigenvalue weighted by Gasteiger charge is 2.24. The zero-order valence-corrected chi connectivity index (χ0v) is 15.6. The van der Waals surface area contributed by atoms with Gasteiger partial charge in [-0.1, -0.05) is 0 Å². The molecule has 3 aromatic heterocycles. The van der Waals surface area contributed by atoms with Gasteiger partial charge in [0.25, 0.3) is 5.91 Å². The average Bonchev–Trinajstić information content (AvgIpc) is 3.33. The minimum Gasteiger partial charge on any atom is -0.348 e. The van der Waals surface area contributed by atoms with Gasteiger partial charge in [0, 0.05) is 18.9 Å². The second-order valence-corrected chi connectivity index (χ2v) is 7.31. The van der Waals surface area contributed by atoms with Crippen LogP contribution < -0.4 is 5.32 Å². The molecule has 138 valence electrons. The first kappa shape index (κ1) is 17.3. The molecule has 0 aromatic carbocycles. The molecular formula is C18H18N6O2S. The summed E-state index contributed by atoms with van der Waals surface area (Å²) in [6, 6.07) is 7.19. The summed E-state index contributed by atoms with van der Waals surface area (Å²) in [5.41, 5.74) is 1.87. The molecule has 0 radical (unpaired) electrons. The maximum Gasteiger partial charge on any atom is 0.264 e. The molecule has 4 rings (SSSR count). The lowest BCUT2D eigenvalue weighted by Gasteiger charge is -2.27. The van der Waals surface area contributed by atoms with E-state index >= 15 is 0 Å². The Morgan fingerprint density at radius 3 is 2.70 bits per heavy atom. The van der Waals surface area contributed by atoms with Crippen LogP contribution in [0.1, 0.15) is 37.7 Å². The standard InChI is InChI=1S/C18H18N6O2S/c1-12(25)15-3-4-16(27-15)17(26)23-7-8-24-14(11-23)9-13(22-24)10-21-18-19-5-2-6-20-18/h2-6,9H,7-8,10-11H2,1H3,(H,19,20,21). The summed E-state index contributed by atoms with van der Waals surface area (Å²) in [5, 5.41) is 7.71. The number of hydrogen-bond acceptors (Lipinski definition) is 7. The van der Waals surface area contributed by atoms with Gasteiger partial charge in [-0.2, -0.15) is 5.10 Å². The van der Waals surface area contributed by atoms with Crippen LogP contribution in [0.15, 0.2) is 36.7 Å². The van der Waals surface area contributed by atoms with Crippen LogP contribution in [0.3, 0.4) is 0 Å². The molecule has 9 heteroatoms. The molecule has 1 aliphatic heterocycles. The predicted octanol–water partition coefficient (Wildman–Crippen LogP) is 2.21. The number of Topliss-reactive ketones (excluding diaryl/α,β-unsaturated/α-hetero) is 1. The number of aromatic nitrogens is 4. The lowest BCUT2D eigenvalue weighted by Crippen LogP contribution is -2.38. The van der Waals surface area contributed by atoms with Crippen molar-refractivity contribution in [2.45, 2.75) is 26.6 Å². The average molecular weight is 382 g/mol. The molecule has 0 bridgehead atoms. The van der Waals surface area contributed by atoms with Crippen molar-refractivity contribution in [2.24, 2.45) is 0 Å². The van der Waals surface area contributed by atoms with E-state index in [4.69, 9.17) is 0 Å². The lowest BCUT2D eigenvalue weighted by molar-refractivity contribution is 0.0711. The Labute approximate surface area is 159 Å². The van der Waals surface area contributed by atoms with Gasteiger partial charge in [-0.15, -0.1) is 11.3 Å². The number of fused-ring (bicyclic) bond motifs is 1. The maximum atomic E-state index is 12.7. The van der Waals surface area contributed by atoms with Crippen molar-refractivity contribution >= 4 is 29.0 Å². The lowest BCUT2D eigenvalue weighted by atomic mass is 10.2. The Kier molecular flexibility index (Phi) is 4.68. The molecule has 1 aliphatic rings. The van der Waals surface area contributed by atoms with Gasteiger partial charge in [0.05, 0.1) is 40.8 Å². The van der Waals surface area contributed by atoms with Crippen molar-refractivity contribution in [2.75, 3.05) is 11.9 Å². The summed E-state index contributed by atoms with van der Waals surface area (Å²) >= 11 is 1.25. The Morgan fingerprint density at radius 2 is 1.96 bits per heavy atom. The van der Waals surface area contributed by atoms with Gasteiger partial charge in [0.1, 0.15) is 0 Å². The van der Waals surface area contributed by atoms with Gasteiger partial charge in [-0.25, -0.2) is 9.97 Å². The van der Waals surface area contributed by atoms with E-state index in [1.165, 1.54) is 18.3 Å². The Hall–Kier alpha value is -3.07. The smallest absolute Gasteiger partial charge is 0.264 e. The molecule has 0 unspecified atom stereocenters. The number of hydrogen-bond donors (Lipinski definition) is 1. The van der Waals surface area contributed by atoms with Crippen LogP contribution >= 0.6 is 11.3 Å². The molecule has 0 atom stereocenters. The summed E-state index contributed by atoms with van der Waals surface area (Å²) in [6.07, 6.45) is 3.36. The zero-order valence-electron chi connectivity index (χ0n) is 14.8. The maximum absolute atomic E-state index is 12.7. The largest absolute Gasteiger partial charge is 0.348 e. The van der Waals surface area contributed by atoms with E-state index in [2.05, 4.69) is 20.4 Å². The first-order valence-electron chi connectivity index (χ1n) is 8.56. The Morgan fingerprint density at radius 1 is 1.19 bits per heavy atom. The molecule has 4 heterocycles. The summed E-state index contributed by atoms with van der Waals surface area (Å²) in [5.74, 6) is 0.492. The fourth-order valence-corrected chi connectivity index (χ4v) is 3.81. The SMILES string of the molecule is CC(=O)c1ccc(C(=O)N2CCn3nc(CNc4ncccn4)cc3C2)s1. The quantitative estimate of drug-likeness (QED) is 0.680. The third-order valence-corrected chi connectivity index (χ3v) is 5.47. The third-order valence-electron chi connectivity index (χ3n) is 4.29. The normalized spacial score (nSPS) is 13.3. The highest BCUT2D eigenvalue weighted by Crippen LogP contribution is 2.22. The highest BCUT2D eigenvalue weighted by atomic mass is 32.1. The zero-order chi connectivity index (χ0) is 18.8. The van der Waals surface area contributed by atoms with Crippen molar-refractivity contribution in [1.82, 2.24) is 24.6 Å². The number of anilines is 1. The first-order chi connectivity index (χ1) is 13.1. The van der Waals surface area contributed by atoms with Crippen LogP contribution in [0.4, 0.5) is 5.95 Å². The van der Waals surface area contributed by atoms with Crippen molar-refractivity contribution in [3.63, 3.8) is 0 Å². The number of carbonyl (C=O) groups excluding carboxylic acids is 2. The van der Waals surface area contributed by atoms with Crippen LogP contribution in [-0.4, -0.2) is 42.9 Å². The van der Waals surface area contributed by atoms with E-state index in [0.29, 0.717) is 41.9 Å². The van der Waals surface area contributed by atoms with Gasteiger partial charge in [0.2, 0.25) is 5.95 Å².